The van der Waals surface area contributed by atoms with Crippen LogP contribution >= 0.6 is 16.3 Å². The summed E-state index contributed by atoms with van der Waals surface area (Å²) >= 11 is 0. The van der Waals surface area contributed by atoms with Gasteiger partial charge in [0.15, 0.2) is 5.79 Å². The average molecular weight is 497 g/mol. The zero-order valence-electron chi connectivity index (χ0n) is 19.7. The quantitative estimate of drug-likeness (QED) is 0.201. The van der Waals surface area contributed by atoms with Gasteiger partial charge in [-0.25, -0.2) is 0 Å². The van der Waals surface area contributed by atoms with Gasteiger partial charge in [-0.05, 0) is 25.2 Å². The van der Waals surface area contributed by atoms with Crippen LogP contribution in [0.1, 0.15) is 25.7 Å². The fraction of sp³-hybridized carbons (Fsp3) is 0.226. The van der Waals surface area contributed by atoms with Gasteiger partial charge in [0.25, 0.3) is 0 Å². The van der Waals surface area contributed by atoms with Crippen LogP contribution in [0.5, 0.6) is 0 Å². The number of hydrogen-bond acceptors (Lipinski definition) is 2. The van der Waals surface area contributed by atoms with Gasteiger partial charge < -0.3 is 9.05 Å². The van der Waals surface area contributed by atoms with E-state index >= 15 is 0 Å². The Bertz CT molecular complexity index is 1050. The molecule has 6 rings (SSSR count). The molecule has 2 saturated carbocycles. The molecule has 4 heteroatoms. The van der Waals surface area contributed by atoms with Crippen molar-refractivity contribution in [3.05, 3.63) is 121 Å². The van der Waals surface area contributed by atoms with Crippen LogP contribution < -0.4 is 21.2 Å². The summed E-state index contributed by atoms with van der Waals surface area (Å²) in [5.41, 5.74) is 0. The number of rotatable bonds is 8. The van der Waals surface area contributed by atoms with Crippen molar-refractivity contribution in [1.82, 2.24) is 0 Å². The van der Waals surface area contributed by atoms with E-state index < -0.39 is 22.1 Å². The average Bonchev–Trinajstić information content (AvgIpc) is 3.54. The molecular formula is C31H30O2P2. The number of fused-ring (bicyclic) bond motifs is 2. The lowest BCUT2D eigenvalue weighted by atomic mass is 9.94. The first-order valence-electron chi connectivity index (χ1n) is 12.5. The van der Waals surface area contributed by atoms with E-state index in [-0.39, 0.29) is 0 Å². The Hall–Kier alpha value is -2.34. The molecule has 176 valence electrons. The van der Waals surface area contributed by atoms with Gasteiger partial charge in [-0.1, -0.05) is 121 Å². The maximum Gasteiger partial charge on any atom is 0.180 e. The topological polar surface area (TPSA) is 18.5 Å². The molecule has 0 N–H and O–H groups in total. The zero-order valence-corrected chi connectivity index (χ0v) is 21.5. The fourth-order valence-electron chi connectivity index (χ4n) is 5.54. The second-order valence-electron chi connectivity index (χ2n) is 9.51. The van der Waals surface area contributed by atoms with Crippen molar-refractivity contribution in [1.29, 1.82) is 0 Å². The molecule has 2 fully saturated rings. The molecule has 0 radical (unpaired) electrons. The predicted octanol–water partition coefficient (Wildman–Crippen LogP) is 6.63. The maximum absolute atomic E-state index is 7.34. The van der Waals surface area contributed by atoms with E-state index in [1.54, 1.807) is 0 Å². The van der Waals surface area contributed by atoms with E-state index in [0.717, 1.165) is 6.42 Å². The van der Waals surface area contributed by atoms with Crippen LogP contribution in [-0.4, -0.2) is 5.79 Å². The zero-order chi connectivity index (χ0) is 23.5. The van der Waals surface area contributed by atoms with Gasteiger partial charge in [-0.3, -0.25) is 0 Å². The Balaban J connectivity index is 1.42. The summed E-state index contributed by atoms with van der Waals surface area (Å²) in [7, 11) is -2.01. The van der Waals surface area contributed by atoms with Crippen LogP contribution in [0.4, 0.5) is 0 Å². The summed E-state index contributed by atoms with van der Waals surface area (Å²) in [5, 5.41) is 4.96. The van der Waals surface area contributed by atoms with Gasteiger partial charge in [0, 0.05) is 33.6 Å². The van der Waals surface area contributed by atoms with Crippen molar-refractivity contribution < 1.29 is 9.05 Å². The van der Waals surface area contributed by atoms with Crippen molar-refractivity contribution in [2.24, 2.45) is 11.8 Å². The van der Waals surface area contributed by atoms with Gasteiger partial charge >= 0.3 is 0 Å². The Morgan fingerprint density at radius 1 is 0.514 bits per heavy atom. The molecule has 4 aromatic carbocycles. The predicted molar refractivity (Wildman–Crippen MR) is 148 cm³/mol. The molecule has 35 heavy (non-hydrogen) atoms. The SMILES string of the molecule is c1ccc(P(OC2(OP(c3ccccc3)c3ccccc3)CC3CCC2C3)c2ccccc2)cc1. The minimum absolute atomic E-state index is 0.433. The summed E-state index contributed by atoms with van der Waals surface area (Å²) in [6.07, 6.45) is 4.67. The molecule has 2 bridgehead atoms. The molecule has 0 aliphatic heterocycles. The van der Waals surface area contributed by atoms with E-state index in [2.05, 4.69) is 121 Å². The molecule has 0 spiro atoms. The standard InChI is InChI=1S/C31H30O2P2/c1-5-13-27(14-6-1)34(28-15-7-2-8-16-28)32-31(24-25-21-22-26(31)23-25)33-35(29-17-9-3-10-18-29)30-19-11-4-12-20-30/h1-20,25-26H,21-24H2. The third-order valence-corrected chi connectivity index (χ3v) is 11.2. The summed E-state index contributed by atoms with van der Waals surface area (Å²) in [6.45, 7) is 0. The molecular weight excluding hydrogens is 466 g/mol. The molecule has 0 amide bonds. The maximum atomic E-state index is 7.34. The largest absolute Gasteiger partial charge is 0.317 e. The highest BCUT2D eigenvalue weighted by Crippen LogP contribution is 2.61. The fourth-order valence-corrected chi connectivity index (χ4v) is 9.53. The monoisotopic (exact) mass is 496 g/mol. The van der Waals surface area contributed by atoms with Gasteiger partial charge in [-0.15, -0.1) is 0 Å². The summed E-state index contributed by atoms with van der Waals surface area (Å²) < 4.78 is 14.7. The molecule has 2 nitrogen and oxygen atoms in total. The minimum atomic E-state index is -1.01. The first-order valence-corrected chi connectivity index (χ1v) is 15.0. The second-order valence-corrected chi connectivity index (χ2v) is 13.1. The molecule has 2 unspecified atom stereocenters. The first-order chi connectivity index (χ1) is 17.3. The minimum Gasteiger partial charge on any atom is -0.317 e. The van der Waals surface area contributed by atoms with Crippen molar-refractivity contribution in [2.45, 2.75) is 31.5 Å². The van der Waals surface area contributed by atoms with Crippen molar-refractivity contribution >= 4 is 37.5 Å². The van der Waals surface area contributed by atoms with Crippen LogP contribution in [0.25, 0.3) is 0 Å². The molecule has 2 atom stereocenters. The Morgan fingerprint density at radius 2 is 0.886 bits per heavy atom. The van der Waals surface area contributed by atoms with Gasteiger partial charge in [0.1, 0.15) is 0 Å². The molecule has 0 saturated heterocycles. The van der Waals surface area contributed by atoms with E-state index in [1.807, 2.05) is 0 Å². The smallest absolute Gasteiger partial charge is 0.180 e. The summed E-state index contributed by atoms with van der Waals surface area (Å²) in [5.74, 6) is 0.548. The van der Waals surface area contributed by atoms with Crippen LogP contribution in [0, 0.1) is 11.8 Å². The molecule has 0 aromatic heterocycles. The van der Waals surface area contributed by atoms with Crippen molar-refractivity contribution in [3.8, 4) is 0 Å². The Kier molecular flexibility index (Phi) is 6.82. The molecule has 2 aliphatic carbocycles. The van der Waals surface area contributed by atoms with Crippen LogP contribution in [0.15, 0.2) is 121 Å². The lowest BCUT2D eigenvalue weighted by Crippen LogP contribution is -2.42. The van der Waals surface area contributed by atoms with E-state index in [9.17, 15) is 0 Å². The number of benzene rings is 4. The van der Waals surface area contributed by atoms with Crippen LogP contribution in [-0.2, 0) is 9.05 Å². The van der Waals surface area contributed by atoms with Crippen LogP contribution in [0.2, 0.25) is 0 Å². The molecule has 2 aliphatic rings. The first kappa shape index (κ1) is 23.1. The Morgan fingerprint density at radius 3 is 1.17 bits per heavy atom. The number of hydrogen-bond donors (Lipinski definition) is 0. The lowest BCUT2D eigenvalue weighted by Gasteiger charge is -2.42. The highest BCUT2D eigenvalue weighted by molar-refractivity contribution is 7.69. The third-order valence-electron chi connectivity index (χ3n) is 7.19. The highest BCUT2D eigenvalue weighted by Gasteiger charge is 2.56. The van der Waals surface area contributed by atoms with E-state index in [1.165, 1.54) is 40.5 Å². The van der Waals surface area contributed by atoms with Gasteiger partial charge in [0.2, 0.25) is 0 Å². The molecule has 0 heterocycles. The van der Waals surface area contributed by atoms with Gasteiger partial charge in [0.05, 0.1) is 16.3 Å². The normalized spacial score (nSPS) is 20.5. The van der Waals surface area contributed by atoms with Gasteiger partial charge in [-0.2, -0.15) is 0 Å². The van der Waals surface area contributed by atoms with E-state index in [4.69, 9.17) is 9.05 Å². The summed E-state index contributed by atoms with van der Waals surface area (Å²) in [4.78, 5) is 0. The Labute approximate surface area is 211 Å². The highest BCUT2D eigenvalue weighted by atomic mass is 31.1. The van der Waals surface area contributed by atoms with E-state index in [0.29, 0.717) is 11.8 Å². The van der Waals surface area contributed by atoms with Crippen molar-refractivity contribution in [3.63, 3.8) is 0 Å². The van der Waals surface area contributed by atoms with Crippen molar-refractivity contribution in [2.75, 3.05) is 0 Å². The van der Waals surface area contributed by atoms with Crippen LogP contribution in [0.3, 0.4) is 0 Å². The summed E-state index contributed by atoms with van der Waals surface area (Å²) in [6, 6.07) is 42.9. The lowest BCUT2D eigenvalue weighted by molar-refractivity contribution is -0.136. The molecule has 4 aromatic rings. The third kappa shape index (κ3) is 4.87. The second kappa shape index (κ2) is 10.3.